The highest BCUT2D eigenvalue weighted by molar-refractivity contribution is 5.39. The summed E-state index contributed by atoms with van der Waals surface area (Å²) in [5.41, 5.74) is 2.56. The standard InChI is InChI=1S/C17H22N6O/c1-12-9-15-19-14(10-17(24)23(15)20-12)13-3-6-22(7-4-13)11-16-18-5-8-21(16)2/h5,8-10,13,20H,3-4,6-7,11H2,1-2H3. The number of aromatic nitrogens is 5. The van der Waals surface area contributed by atoms with Crippen LogP contribution in [0.1, 0.15) is 36.0 Å². The summed E-state index contributed by atoms with van der Waals surface area (Å²) in [4.78, 5) is 23.7. The number of fused-ring (bicyclic) bond motifs is 1. The zero-order valence-electron chi connectivity index (χ0n) is 14.1. The molecule has 0 aromatic carbocycles. The van der Waals surface area contributed by atoms with Crippen molar-refractivity contribution in [3.63, 3.8) is 0 Å². The molecule has 0 spiro atoms. The van der Waals surface area contributed by atoms with E-state index in [-0.39, 0.29) is 5.56 Å². The lowest BCUT2D eigenvalue weighted by molar-refractivity contribution is 0.197. The number of H-pyrrole nitrogens is 1. The Morgan fingerprint density at radius 1 is 1.29 bits per heavy atom. The van der Waals surface area contributed by atoms with Gasteiger partial charge in [-0.25, -0.2) is 14.5 Å². The molecule has 3 aromatic rings. The van der Waals surface area contributed by atoms with E-state index in [0.717, 1.165) is 49.7 Å². The van der Waals surface area contributed by atoms with E-state index in [9.17, 15) is 4.79 Å². The zero-order chi connectivity index (χ0) is 16.7. The molecule has 0 aliphatic carbocycles. The Morgan fingerprint density at radius 3 is 2.79 bits per heavy atom. The second-order valence-electron chi connectivity index (χ2n) is 6.66. The third-order valence-electron chi connectivity index (χ3n) is 4.89. The van der Waals surface area contributed by atoms with Crippen LogP contribution in [0.15, 0.2) is 29.3 Å². The predicted octanol–water partition coefficient (Wildman–Crippen LogP) is 1.44. The van der Waals surface area contributed by atoms with Gasteiger partial charge in [0.15, 0.2) is 5.65 Å². The maximum atomic E-state index is 12.2. The van der Waals surface area contributed by atoms with Crippen LogP contribution in [-0.4, -0.2) is 42.1 Å². The molecule has 0 atom stereocenters. The Balaban J connectivity index is 1.47. The second-order valence-corrected chi connectivity index (χ2v) is 6.66. The lowest BCUT2D eigenvalue weighted by Gasteiger charge is -2.31. The topological polar surface area (TPSA) is 71.2 Å². The molecular weight excluding hydrogens is 304 g/mol. The number of hydrogen-bond donors (Lipinski definition) is 1. The maximum Gasteiger partial charge on any atom is 0.272 e. The van der Waals surface area contributed by atoms with Gasteiger partial charge in [-0.2, -0.15) is 0 Å². The predicted molar refractivity (Wildman–Crippen MR) is 91.0 cm³/mol. The third-order valence-corrected chi connectivity index (χ3v) is 4.89. The average Bonchev–Trinajstić information content (AvgIpc) is 3.14. The number of nitrogens with zero attached hydrogens (tertiary/aromatic N) is 5. The molecule has 1 aliphatic heterocycles. The molecule has 3 aromatic heterocycles. The number of piperidine rings is 1. The lowest BCUT2D eigenvalue weighted by Crippen LogP contribution is -2.34. The molecule has 1 saturated heterocycles. The molecule has 0 unspecified atom stereocenters. The number of rotatable bonds is 3. The van der Waals surface area contributed by atoms with E-state index in [1.807, 2.05) is 32.4 Å². The van der Waals surface area contributed by atoms with Gasteiger partial charge in [0.2, 0.25) is 0 Å². The number of nitrogens with one attached hydrogen (secondary N) is 1. The first-order valence-corrected chi connectivity index (χ1v) is 8.38. The normalized spacial score (nSPS) is 16.9. The molecule has 1 N–H and O–H groups in total. The van der Waals surface area contributed by atoms with E-state index >= 15 is 0 Å². The minimum absolute atomic E-state index is 0.0291. The van der Waals surface area contributed by atoms with Gasteiger partial charge in [-0.05, 0) is 32.9 Å². The summed E-state index contributed by atoms with van der Waals surface area (Å²) >= 11 is 0. The molecule has 1 fully saturated rings. The molecule has 0 radical (unpaired) electrons. The molecule has 0 bridgehead atoms. The zero-order valence-corrected chi connectivity index (χ0v) is 14.1. The summed E-state index contributed by atoms with van der Waals surface area (Å²) in [6.45, 7) is 4.82. The minimum Gasteiger partial charge on any atom is -0.337 e. The van der Waals surface area contributed by atoms with Crippen LogP contribution < -0.4 is 5.56 Å². The van der Waals surface area contributed by atoms with Crippen LogP contribution in [0, 0.1) is 6.92 Å². The Morgan fingerprint density at radius 2 is 2.08 bits per heavy atom. The Hall–Kier alpha value is -2.41. The monoisotopic (exact) mass is 326 g/mol. The first-order chi connectivity index (χ1) is 11.6. The van der Waals surface area contributed by atoms with Gasteiger partial charge in [-0.15, -0.1) is 0 Å². The highest BCUT2D eigenvalue weighted by Crippen LogP contribution is 2.27. The van der Waals surface area contributed by atoms with E-state index in [0.29, 0.717) is 11.6 Å². The van der Waals surface area contributed by atoms with Crippen molar-refractivity contribution in [2.24, 2.45) is 7.05 Å². The molecule has 4 rings (SSSR count). The SMILES string of the molecule is Cc1cc2nc(C3CCN(Cc4nccn4C)CC3)cc(=O)n2[nH]1. The van der Waals surface area contributed by atoms with Crippen LogP contribution in [-0.2, 0) is 13.6 Å². The van der Waals surface area contributed by atoms with Gasteiger partial charge in [0.25, 0.3) is 5.56 Å². The fraction of sp³-hybridized carbons (Fsp3) is 0.471. The number of likely N-dealkylation sites (tertiary alicyclic amines) is 1. The Kier molecular flexibility index (Phi) is 3.72. The maximum absolute atomic E-state index is 12.2. The van der Waals surface area contributed by atoms with Crippen molar-refractivity contribution in [1.29, 1.82) is 0 Å². The lowest BCUT2D eigenvalue weighted by atomic mass is 9.93. The second kappa shape index (κ2) is 5.90. The van der Waals surface area contributed by atoms with Crippen molar-refractivity contribution in [3.05, 3.63) is 52.1 Å². The minimum atomic E-state index is -0.0291. The van der Waals surface area contributed by atoms with E-state index in [2.05, 4.69) is 19.5 Å². The summed E-state index contributed by atoms with van der Waals surface area (Å²) in [5.74, 6) is 1.45. The summed E-state index contributed by atoms with van der Waals surface area (Å²) in [7, 11) is 2.03. The summed E-state index contributed by atoms with van der Waals surface area (Å²) in [6.07, 6.45) is 5.87. The quantitative estimate of drug-likeness (QED) is 0.791. The van der Waals surface area contributed by atoms with Gasteiger partial charge in [-0.1, -0.05) is 0 Å². The van der Waals surface area contributed by atoms with Crippen molar-refractivity contribution < 1.29 is 0 Å². The first kappa shape index (κ1) is 15.1. The van der Waals surface area contributed by atoms with E-state index in [1.54, 1.807) is 6.07 Å². The van der Waals surface area contributed by atoms with Gasteiger partial charge in [-0.3, -0.25) is 14.8 Å². The molecule has 1 aliphatic rings. The molecule has 7 heteroatoms. The van der Waals surface area contributed by atoms with Gasteiger partial charge in [0.1, 0.15) is 5.82 Å². The van der Waals surface area contributed by atoms with Crippen molar-refractivity contribution in [3.8, 4) is 0 Å². The number of aryl methyl sites for hydroxylation is 2. The molecule has 4 heterocycles. The van der Waals surface area contributed by atoms with Crippen LogP contribution in [0.3, 0.4) is 0 Å². The van der Waals surface area contributed by atoms with Crippen molar-refractivity contribution >= 4 is 5.65 Å². The fourth-order valence-corrected chi connectivity index (χ4v) is 3.47. The van der Waals surface area contributed by atoms with Gasteiger partial charge < -0.3 is 4.57 Å². The molecule has 0 saturated carbocycles. The van der Waals surface area contributed by atoms with Crippen LogP contribution >= 0.6 is 0 Å². The molecular formula is C17H22N6O. The largest absolute Gasteiger partial charge is 0.337 e. The van der Waals surface area contributed by atoms with Crippen molar-refractivity contribution in [2.45, 2.75) is 32.2 Å². The Bertz CT molecular complexity index is 913. The summed E-state index contributed by atoms with van der Waals surface area (Å²) < 4.78 is 3.58. The number of hydrogen-bond acceptors (Lipinski definition) is 4. The molecule has 0 amide bonds. The Labute approximate surface area is 139 Å². The summed E-state index contributed by atoms with van der Waals surface area (Å²) in [6, 6.07) is 3.60. The molecule has 7 nitrogen and oxygen atoms in total. The van der Waals surface area contributed by atoms with Crippen molar-refractivity contribution in [1.82, 2.24) is 29.0 Å². The van der Waals surface area contributed by atoms with Gasteiger partial charge in [0.05, 0.1) is 12.2 Å². The molecule has 126 valence electrons. The van der Waals surface area contributed by atoms with E-state index in [4.69, 9.17) is 4.98 Å². The third kappa shape index (κ3) is 2.75. The first-order valence-electron chi connectivity index (χ1n) is 8.38. The van der Waals surface area contributed by atoms with Crippen LogP contribution in [0.25, 0.3) is 5.65 Å². The fourth-order valence-electron chi connectivity index (χ4n) is 3.47. The van der Waals surface area contributed by atoms with Crippen LogP contribution in [0.4, 0.5) is 0 Å². The summed E-state index contributed by atoms with van der Waals surface area (Å²) in [5, 5.41) is 3.02. The average molecular weight is 326 g/mol. The highest BCUT2D eigenvalue weighted by atomic mass is 16.1. The molecule has 24 heavy (non-hydrogen) atoms. The van der Waals surface area contributed by atoms with Crippen LogP contribution in [0.5, 0.6) is 0 Å². The highest BCUT2D eigenvalue weighted by Gasteiger charge is 2.23. The smallest absolute Gasteiger partial charge is 0.272 e. The van der Waals surface area contributed by atoms with Crippen molar-refractivity contribution in [2.75, 3.05) is 13.1 Å². The number of imidazole rings is 1. The van der Waals surface area contributed by atoms with Gasteiger partial charge >= 0.3 is 0 Å². The van der Waals surface area contributed by atoms with E-state index < -0.39 is 0 Å². The van der Waals surface area contributed by atoms with Gasteiger partial charge in [0, 0.05) is 43.2 Å². The van der Waals surface area contributed by atoms with Crippen LogP contribution in [0.2, 0.25) is 0 Å². The number of aromatic amines is 1. The van der Waals surface area contributed by atoms with E-state index in [1.165, 1.54) is 4.52 Å².